The number of amides is 1. The highest BCUT2D eigenvalue weighted by atomic mass is 16.8. The molecule has 0 aromatic carbocycles. The molecule has 3 heterocycles. The largest absolute Gasteiger partial charge is 0.394 e. The third-order valence-corrected chi connectivity index (χ3v) is 22.9. The number of rotatable bonds is 76. The van der Waals surface area contributed by atoms with Gasteiger partial charge in [-0.15, -0.1) is 0 Å². The lowest BCUT2D eigenvalue weighted by Gasteiger charge is -2.48. The van der Waals surface area contributed by atoms with Crippen LogP contribution in [0.15, 0.2) is 85.1 Å². The number of allylic oxidation sites excluding steroid dienone is 13. The van der Waals surface area contributed by atoms with Crippen LogP contribution in [0.3, 0.4) is 0 Å². The molecule has 3 aliphatic heterocycles. The fourth-order valence-electron chi connectivity index (χ4n) is 15.6. The minimum Gasteiger partial charge on any atom is -0.394 e. The predicted octanol–water partition coefficient (Wildman–Crippen LogP) is 18.5. The Balaban J connectivity index is 1.30. The van der Waals surface area contributed by atoms with Crippen molar-refractivity contribution in [3.05, 3.63) is 85.1 Å². The summed E-state index contributed by atoms with van der Waals surface area (Å²) in [6, 6.07) is -0.977. The molecule has 0 aromatic heterocycles. The molecule has 17 atom stereocenters. The second-order valence-corrected chi connectivity index (χ2v) is 33.1. The minimum absolute atomic E-state index is 0.245. The summed E-state index contributed by atoms with van der Waals surface area (Å²) in [5, 5.41) is 121. The van der Waals surface area contributed by atoms with Crippen molar-refractivity contribution in [1.82, 2.24) is 5.32 Å². The van der Waals surface area contributed by atoms with Crippen molar-refractivity contribution in [3.8, 4) is 0 Å². The standard InChI is InChI=1S/C95H171NO18/c1-3-5-7-9-11-13-15-17-19-21-23-25-27-29-31-33-34-35-36-37-38-39-40-41-42-43-44-45-47-49-51-53-55-57-59-61-63-65-67-69-71-73-83(101)96-78(79(100)72-70-68-66-64-62-60-58-56-54-52-50-48-46-32-30-28-26-24-22-20-18-16-14-12-10-8-6-4-2)77-109-93-89(107)86(104)91(81(75-98)111-93)114-95-90(108)87(105)92(82(76-99)112-95)113-94-88(106)85(103)84(102)80(74-97)110-94/h5,7,11,13,17,19,23,25,29,31,34-35,70,72,78-82,84-95,97-100,102-108H,3-4,6,8-10,12,14-16,18,20-22,24,26-28,30,32-33,36-69,71,73-77H2,1-2H3,(H,96,101)/b7-5-,13-11-,19-17-,25-23-,31-29-,35-34-,72-70+. The first kappa shape index (κ1) is 105. The van der Waals surface area contributed by atoms with E-state index in [4.69, 9.17) is 28.4 Å². The van der Waals surface area contributed by atoms with Gasteiger partial charge in [-0.2, -0.15) is 0 Å². The van der Waals surface area contributed by atoms with Crippen molar-refractivity contribution in [2.75, 3.05) is 26.4 Å². The molecule has 0 radical (unpaired) electrons. The van der Waals surface area contributed by atoms with Gasteiger partial charge in [-0.1, -0.05) is 388 Å². The van der Waals surface area contributed by atoms with E-state index in [0.717, 1.165) is 83.5 Å². The number of unbranched alkanes of at least 4 members (excludes halogenated alkanes) is 48. The first-order chi connectivity index (χ1) is 55.8. The Hall–Kier alpha value is -3.03. The van der Waals surface area contributed by atoms with Gasteiger partial charge in [0.25, 0.3) is 0 Å². The lowest BCUT2D eigenvalue weighted by molar-refractivity contribution is -0.379. The van der Waals surface area contributed by atoms with Crippen molar-refractivity contribution in [2.24, 2.45) is 0 Å². The van der Waals surface area contributed by atoms with Crippen molar-refractivity contribution >= 4 is 5.91 Å². The van der Waals surface area contributed by atoms with Gasteiger partial charge in [0, 0.05) is 6.42 Å². The normalized spacial score (nSPS) is 25.1. The quantitative estimate of drug-likeness (QED) is 0.0199. The smallest absolute Gasteiger partial charge is 0.220 e. The highest BCUT2D eigenvalue weighted by Crippen LogP contribution is 2.34. The second kappa shape index (κ2) is 73.9. The molecule has 664 valence electrons. The number of nitrogens with one attached hydrogen (secondary N) is 1. The Labute approximate surface area is 692 Å². The van der Waals surface area contributed by atoms with Gasteiger partial charge in [-0.25, -0.2) is 0 Å². The number of hydrogen-bond acceptors (Lipinski definition) is 18. The summed E-state index contributed by atoms with van der Waals surface area (Å²) in [4.78, 5) is 13.5. The van der Waals surface area contributed by atoms with E-state index in [1.807, 2.05) is 6.08 Å². The molecule has 0 bridgehead atoms. The van der Waals surface area contributed by atoms with E-state index < -0.39 is 124 Å². The summed E-state index contributed by atoms with van der Waals surface area (Å²) in [7, 11) is 0. The van der Waals surface area contributed by atoms with E-state index in [9.17, 15) is 61.0 Å². The summed E-state index contributed by atoms with van der Waals surface area (Å²) in [6.45, 7) is 1.68. The van der Waals surface area contributed by atoms with Gasteiger partial charge < -0.3 is 89.9 Å². The van der Waals surface area contributed by atoms with Gasteiger partial charge in [0.2, 0.25) is 5.91 Å². The number of carbonyl (C=O) groups is 1. The van der Waals surface area contributed by atoms with E-state index >= 15 is 0 Å². The molecule has 19 heteroatoms. The van der Waals surface area contributed by atoms with Crippen LogP contribution in [0.1, 0.15) is 380 Å². The molecule has 3 fully saturated rings. The highest BCUT2D eigenvalue weighted by molar-refractivity contribution is 5.76. The summed E-state index contributed by atoms with van der Waals surface area (Å²) < 4.78 is 34.6. The molecular weight excluding hydrogens is 1440 g/mol. The molecule has 17 unspecified atom stereocenters. The first-order valence-electron chi connectivity index (χ1n) is 46.8. The monoisotopic (exact) mass is 1610 g/mol. The second-order valence-electron chi connectivity index (χ2n) is 33.1. The third-order valence-electron chi connectivity index (χ3n) is 22.9. The molecule has 1 amide bonds. The van der Waals surface area contributed by atoms with Gasteiger partial charge >= 0.3 is 0 Å². The fourth-order valence-corrected chi connectivity index (χ4v) is 15.6. The maximum atomic E-state index is 13.5. The molecule has 0 aliphatic carbocycles. The van der Waals surface area contributed by atoms with Crippen LogP contribution in [0.4, 0.5) is 0 Å². The van der Waals surface area contributed by atoms with Crippen molar-refractivity contribution in [1.29, 1.82) is 0 Å². The Morgan fingerprint density at radius 1 is 0.325 bits per heavy atom. The molecule has 114 heavy (non-hydrogen) atoms. The Morgan fingerprint density at radius 2 is 0.605 bits per heavy atom. The Morgan fingerprint density at radius 3 is 0.947 bits per heavy atom. The number of hydrogen-bond donors (Lipinski definition) is 12. The summed E-state index contributed by atoms with van der Waals surface area (Å²) in [5.41, 5.74) is 0. The van der Waals surface area contributed by atoms with Crippen LogP contribution in [0, 0.1) is 0 Å². The van der Waals surface area contributed by atoms with Crippen LogP contribution in [0.2, 0.25) is 0 Å². The van der Waals surface area contributed by atoms with Crippen LogP contribution < -0.4 is 5.32 Å². The molecular formula is C95H171NO18. The van der Waals surface area contributed by atoms with E-state index in [2.05, 4.69) is 92.1 Å². The van der Waals surface area contributed by atoms with Gasteiger partial charge in [0.05, 0.1) is 38.6 Å². The zero-order valence-electron chi connectivity index (χ0n) is 71.8. The molecule has 0 saturated carbocycles. The summed E-state index contributed by atoms with van der Waals surface area (Å²) >= 11 is 0. The van der Waals surface area contributed by atoms with Crippen molar-refractivity contribution < 1.29 is 89.4 Å². The van der Waals surface area contributed by atoms with Crippen LogP contribution in [-0.4, -0.2) is 193 Å². The lowest BCUT2D eigenvalue weighted by atomic mass is 9.96. The molecule has 0 aromatic rings. The molecule has 3 saturated heterocycles. The SMILES string of the molecule is CC/C=C\C/C=C\C/C=C\C/C=C\C/C=C\C/C=C\CCCCCCCCCCCCCCCCCCCCCCCCC(=O)NC(COC1OC(CO)C(OC2OC(CO)C(OC3OC(CO)C(O)C(O)C3O)C(O)C2O)C(O)C1O)C(O)/C=C/CCCCCCCCCCCCCCCCCCCCCCCCCCCC. The number of ether oxygens (including phenoxy) is 6. The number of aliphatic hydroxyl groups excluding tert-OH is 11. The number of carbonyl (C=O) groups excluding carboxylic acids is 1. The Bertz CT molecular complexity index is 2380. The van der Waals surface area contributed by atoms with Gasteiger partial charge in [-0.3, -0.25) is 4.79 Å². The molecule has 3 rings (SSSR count). The topological polar surface area (TPSA) is 307 Å². The van der Waals surface area contributed by atoms with Gasteiger partial charge in [0.15, 0.2) is 18.9 Å². The van der Waals surface area contributed by atoms with E-state index in [-0.39, 0.29) is 18.9 Å². The zero-order valence-corrected chi connectivity index (χ0v) is 71.8. The lowest BCUT2D eigenvalue weighted by Crippen LogP contribution is -2.66. The van der Waals surface area contributed by atoms with Crippen LogP contribution in [0.5, 0.6) is 0 Å². The molecule has 19 nitrogen and oxygen atoms in total. The van der Waals surface area contributed by atoms with Gasteiger partial charge in [0.1, 0.15) is 73.2 Å². The van der Waals surface area contributed by atoms with Gasteiger partial charge in [-0.05, 0) is 70.6 Å². The number of aliphatic hydroxyl groups is 11. The first-order valence-corrected chi connectivity index (χ1v) is 46.8. The minimum atomic E-state index is -1.98. The van der Waals surface area contributed by atoms with Crippen LogP contribution in [-0.2, 0) is 33.2 Å². The zero-order chi connectivity index (χ0) is 82.4. The highest BCUT2D eigenvalue weighted by Gasteiger charge is 2.54. The molecule has 0 spiro atoms. The summed E-state index contributed by atoms with van der Waals surface area (Å²) in [6.07, 6.45) is 74.5. The maximum Gasteiger partial charge on any atom is 0.220 e. The Kier molecular flexibility index (Phi) is 68.1. The maximum absolute atomic E-state index is 13.5. The van der Waals surface area contributed by atoms with E-state index in [1.54, 1.807) is 6.08 Å². The van der Waals surface area contributed by atoms with E-state index in [1.165, 1.54) is 270 Å². The van der Waals surface area contributed by atoms with E-state index in [0.29, 0.717) is 6.42 Å². The van der Waals surface area contributed by atoms with Crippen LogP contribution >= 0.6 is 0 Å². The fraction of sp³-hybridized carbons (Fsp3) is 0.842. The summed E-state index contributed by atoms with van der Waals surface area (Å²) in [5.74, 6) is -0.269. The average Bonchev–Trinajstić information content (AvgIpc) is 0.782. The average molecular weight is 1620 g/mol. The van der Waals surface area contributed by atoms with Crippen molar-refractivity contribution in [3.63, 3.8) is 0 Å². The van der Waals surface area contributed by atoms with Crippen molar-refractivity contribution in [2.45, 2.75) is 484 Å². The third kappa shape index (κ3) is 51.6. The van der Waals surface area contributed by atoms with Crippen LogP contribution in [0.25, 0.3) is 0 Å². The molecule has 12 N–H and O–H groups in total. The predicted molar refractivity (Wildman–Crippen MR) is 461 cm³/mol. The molecule has 3 aliphatic rings.